The molecule has 0 amide bonds. The van der Waals surface area contributed by atoms with Crippen LogP contribution in [0.5, 0.6) is 0 Å². The van der Waals surface area contributed by atoms with E-state index in [-0.39, 0.29) is 11.9 Å². The lowest BCUT2D eigenvalue weighted by atomic mass is 9.82. The highest BCUT2D eigenvalue weighted by molar-refractivity contribution is 5.53. The van der Waals surface area contributed by atoms with E-state index in [9.17, 15) is 9.50 Å². The van der Waals surface area contributed by atoms with Gasteiger partial charge in [0.2, 0.25) is 0 Å². The molecule has 0 radical (unpaired) electrons. The van der Waals surface area contributed by atoms with E-state index >= 15 is 0 Å². The minimum absolute atomic E-state index is 0.136. The molecule has 1 aliphatic carbocycles. The van der Waals surface area contributed by atoms with Crippen molar-refractivity contribution in [3.05, 3.63) is 29.6 Å². The Morgan fingerprint density at radius 3 is 2.71 bits per heavy atom. The summed E-state index contributed by atoms with van der Waals surface area (Å²) in [6.07, 6.45) is 1.59. The number of nitrogens with zero attached hydrogens (tertiary/aromatic N) is 1. The molecule has 0 unspecified atom stereocenters. The summed E-state index contributed by atoms with van der Waals surface area (Å²) in [4.78, 5) is 2.12. The monoisotopic (exact) mass is 294 g/mol. The predicted molar refractivity (Wildman–Crippen MR) is 84.9 cm³/mol. The largest absolute Gasteiger partial charge is 0.393 e. The molecule has 1 aliphatic rings. The maximum Gasteiger partial charge on any atom is 0.129 e. The summed E-state index contributed by atoms with van der Waals surface area (Å²) in [6.45, 7) is 6.59. The van der Waals surface area contributed by atoms with Gasteiger partial charge in [-0.15, -0.1) is 0 Å². The number of benzene rings is 1. The topological polar surface area (TPSA) is 35.5 Å². The van der Waals surface area contributed by atoms with Crippen LogP contribution in [0.25, 0.3) is 0 Å². The summed E-state index contributed by atoms with van der Waals surface area (Å²) < 4.78 is 14.1. The molecule has 0 heterocycles. The first-order valence-corrected chi connectivity index (χ1v) is 7.84. The molecule has 0 aliphatic heterocycles. The van der Waals surface area contributed by atoms with Gasteiger partial charge in [0, 0.05) is 31.4 Å². The van der Waals surface area contributed by atoms with E-state index in [0.29, 0.717) is 18.4 Å². The number of halogens is 1. The Morgan fingerprint density at radius 2 is 2.10 bits per heavy atom. The molecule has 0 bridgehead atoms. The van der Waals surface area contributed by atoms with Gasteiger partial charge in [0.05, 0.1) is 6.10 Å². The molecular weight excluding hydrogens is 267 g/mol. The third kappa shape index (κ3) is 4.42. The zero-order valence-electron chi connectivity index (χ0n) is 13.3. The number of hydrogen-bond donors (Lipinski definition) is 2. The minimum Gasteiger partial charge on any atom is -0.393 e. The Balaban J connectivity index is 2.01. The Morgan fingerprint density at radius 1 is 1.38 bits per heavy atom. The van der Waals surface area contributed by atoms with Gasteiger partial charge in [-0.3, -0.25) is 0 Å². The van der Waals surface area contributed by atoms with E-state index in [1.165, 1.54) is 6.07 Å². The molecule has 2 N–H and O–H groups in total. The van der Waals surface area contributed by atoms with Crippen LogP contribution in [0, 0.1) is 17.7 Å². The molecule has 0 atom stereocenters. The van der Waals surface area contributed by atoms with E-state index in [1.54, 1.807) is 6.07 Å². The lowest BCUT2D eigenvalue weighted by Gasteiger charge is -2.35. The van der Waals surface area contributed by atoms with Gasteiger partial charge in [0.15, 0.2) is 0 Å². The molecule has 2 rings (SSSR count). The van der Waals surface area contributed by atoms with Crippen LogP contribution in [0.1, 0.15) is 32.3 Å². The van der Waals surface area contributed by atoms with E-state index < -0.39 is 0 Å². The van der Waals surface area contributed by atoms with Gasteiger partial charge in [0.1, 0.15) is 5.82 Å². The first kappa shape index (κ1) is 16.2. The molecule has 0 aromatic heterocycles. The van der Waals surface area contributed by atoms with Crippen molar-refractivity contribution in [2.45, 2.75) is 39.3 Å². The van der Waals surface area contributed by atoms with Crippen molar-refractivity contribution in [3.63, 3.8) is 0 Å². The van der Waals surface area contributed by atoms with E-state index in [4.69, 9.17) is 0 Å². The lowest BCUT2D eigenvalue weighted by molar-refractivity contribution is 0.0464. The summed E-state index contributed by atoms with van der Waals surface area (Å²) in [7, 11) is 2.01. The van der Waals surface area contributed by atoms with Gasteiger partial charge in [-0.2, -0.15) is 0 Å². The maximum atomic E-state index is 14.1. The fourth-order valence-corrected chi connectivity index (χ4v) is 2.90. The Bertz CT molecular complexity index is 458. The molecule has 4 heteroatoms. The van der Waals surface area contributed by atoms with Crippen molar-refractivity contribution in [2.75, 3.05) is 25.0 Å². The molecule has 118 valence electrons. The highest BCUT2D eigenvalue weighted by Gasteiger charge is 2.28. The third-order valence-corrected chi connectivity index (χ3v) is 4.10. The summed E-state index contributed by atoms with van der Waals surface area (Å²) in [5.74, 6) is 0.920. The average molecular weight is 294 g/mol. The maximum absolute atomic E-state index is 14.1. The number of aliphatic hydroxyl groups is 1. The van der Waals surface area contributed by atoms with Crippen LogP contribution in [0.15, 0.2) is 18.2 Å². The van der Waals surface area contributed by atoms with E-state index in [0.717, 1.165) is 37.2 Å². The Kier molecular flexibility index (Phi) is 5.59. The molecule has 21 heavy (non-hydrogen) atoms. The summed E-state index contributed by atoms with van der Waals surface area (Å²) in [6, 6.07) is 5.27. The normalized spacial score (nSPS) is 21.4. The van der Waals surface area contributed by atoms with Crippen molar-refractivity contribution in [1.29, 1.82) is 0 Å². The first-order chi connectivity index (χ1) is 9.97. The SMILES string of the molecule is CC(C)CNCc1c(F)cccc1N(C)CC1CC(O)C1. The van der Waals surface area contributed by atoms with E-state index in [1.807, 2.05) is 13.1 Å². The van der Waals surface area contributed by atoms with Crippen LogP contribution < -0.4 is 10.2 Å². The zero-order valence-corrected chi connectivity index (χ0v) is 13.3. The second-order valence-electron chi connectivity index (χ2n) is 6.63. The average Bonchev–Trinajstić information content (AvgIpc) is 2.38. The second-order valence-corrected chi connectivity index (χ2v) is 6.63. The molecule has 0 saturated heterocycles. The predicted octanol–water partition coefficient (Wildman–Crippen LogP) is 2.78. The molecule has 1 fully saturated rings. The van der Waals surface area contributed by atoms with Gasteiger partial charge < -0.3 is 15.3 Å². The molecule has 1 aromatic rings. The Hall–Kier alpha value is -1.13. The van der Waals surface area contributed by atoms with Crippen LogP contribution in [0.3, 0.4) is 0 Å². The van der Waals surface area contributed by atoms with Gasteiger partial charge in [-0.1, -0.05) is 19.9 Å². The highest BCUT2D eigenvalue weighted by atomic mass is 19.1. The highest BCUT2D eigenvalue weighted by Crippen LogP contribution is 2.30. The molecule has 0 spiro atoms. The first-order valence-electron chi connectivity index (χ1n) is 7.84. The Labute approximate surface area is 127 Å². The van der Waals surface area contributed by atoms with Crippen molar-refractivity contribution >= 4 is 5.69 Å². The summed E-state index contributed by atoms with van der Waals surface area (Å²) in [5, 5.41) is 12.7. The number of anilines is 1. The molecule has 3 nitrogen and oxygen atoms in total. The summed E-state index contributed by atoms with van der Waals surface area (Å²) >= 11 is 0. The second kappa shape index (κ2) is 7.23. The fraction of sp³-hybridized carbons (Fsp3) is 0.647. The van der Waals surface area contributed by atoms with Gasteiger partial charge in [0.25, 0.3) is 0 Å². The van der Waals surface area contributed by atoms with Crippen LogP contribution >= 0.6 is 0 Å². The van der Waals surface area contributed by atoms with Crippen molar-refractivity contribution in [1.82, 2.24) is 5.32 Å². The van der Waals surface area contributed by atoms with Crippen molar-refractivity contribution in [3.8, 4) is 0 Å². The number of nitrogens with one attached hydrogen (secondary N) is 1. The number of rotatable bonds is 7. The summed E-state index contributed by atoms with van der Waals surface area (Å²) in [5.41, 5.74) is 1.69. The van der Waals surface area contributed by atoms with Crippen LogP contribution in [0.2, 0.25) is 0 Å². The smallest absolute Gasteiger partial charge is 0.129 e. The van der Waals surface area contributed by atoms with Crippen molar-refractivity contribution in [2.24, 2.45) is 11.8 Å². The minimum atomic E-state index is -0.149. The lowest BCUT2D eigenvalue weighted by Crippen LogP contribution is -2.37. The number of aliphatic hydroxyl groups excluding tert-OH is 1. The fourth-order valence-electron chi connectivity index (χ4n) is 2.90. The van der Waals surface area contributed by atoms with Gasteiger partial charge >= 0.3 is 0 Å². The van der Waals surface area contributed by atoms with Crippen LogP contribution in [-0.4, -0.2) is 31.3 Å². The third-order valence-electron chi connectivity index (χ3n) is 4.10. The zero-order chi connectivity index (χ0) is 15.4. The number of hydrogen-bond acceptors (Lipinski definition) is 3. The van der Waals surface area contributed by atoms with Gasteiger partial charge in [-0.05, 0) is 43.4 Å². The molecule has 1 aromatic carbocycles. The van der Waals surface area contributed by atoms with E-state index in [2.05, 4.69) is 24.1 Å². The van der Waals surface area contributed by atoms with Crippen LogP contribution in [0.4, 0.5) is 10.1 Å². The van der Waals surface area contributed by atoms with Gasteiger partial charge in [-0.25, -0.2) is 4.39 Å². The van der Waals surface area contributed by atoms with Crippen molar-refractivity contribution < 1.29 is 9.50 Å². The van der Waals surface area contributed by atoms with Crippen LogP contribution in [-0.2, 0) is 6.54 Å². The molecule has 1 saturated carbocycles. The quantitative estimate of drug-likeness (QED) is 0.812. The molecular formula is C17H27FN2O. The standard InChI is InChI=1S/C17H27FN2O/c1-12(2)9-19-10-15-16(18)5-4-6-17(15)20(3)11-13-7-14(21)8-13/h4-6,12-14,19,21H,7-11H2,1-3H3.